The van der Waals surface area contributed by atoms with Gasteiger partial charge in [-0.2, -0.15) is 0 Å². The van der Waals surface area contributed by atoms with Crippen LogP contribution in [0.15, 0.2) is 60.7 Å². The van der Waals surface area contributed by atoms with Crippen molar-refractivity contribution in [3.8, 4) is 0 Å². The van der Waals surface area contributed by atoms with Crippen LogP contribution in [-0.2, 0) is 62.0 Å². The maximum absolute atomic E-state index is 13.7. The van der Waals surface area contributed by atoms with Crippen LogP contribution < -0.4 is 0 Å². The molecule has 7 fully saturated rings. The monoisotopic (exact) mass is 658 g/mol. The summed E-state index contributed by atoms with van der Waals surface area (Å²) in [4.78, 5) is 12.3. The molecule has 2 aromatic carbocycles. The first-order chi connectivity index (χ1) is 22.0. The lowest BCUT2D eigenvalue weighted by molar-refractivity contribution is -0.320. The summed E-state index contributed by atoms with van der Waals surface area (Å²) in [6, 6.07) is 19.9. The molecule has 0 amide bonds. The van der Waals surface area contributed by atoms with Crippen LogP contribution >= 0.6 is 11.8 Å². The molecule has 244 valence electrons. The van der Waals surface area contributed by atoms with Crippen LogP contribution in [0.1, 0.15) is 50.2 Å². The van der Waals surface area contributed by atoms with E-state index in [2.05, 4.69) is 0 Å². The van der Waals surface area contributed by atoms with E-state index in [4.69, 9.17) is 33.2 Å². The summed E-state index contributed by atoms with van der Waals surface area (Å²) in [6.45, 7) is 2.17. The number of ether oxygens (including phenoxy) is 7. The lowest BCUT2D eigenvalue weighted by Gasteiger charge is -2.54. The van der Waals surface area contributed by atoms with Gasteiger partial charge in [-0.05, 0) is 24.0 Å². The highest BCUT2D eigenvalue weighted by atomic mass is 32.2. The molecule has 1 aliphatic carbocycles. The molecule has 7 aliphatic rings. The van der Waals surface area contributed by atoms with E-state index in [9.17, 15) is 9.00 Å². The molecule has 11 atom stereocenters. The average molecular weight is 659 g/mol. The van der Waals surface area contributed by atoms with Crippen LogP contribution in [0.5, 0.6) is 0 Å². The van der Waals surface area contributed by atoms with Crippen molar-refractivity contribution < 1.29 is 42.2 Å². The molecule has 9 rings (SSSR count). The SMILES string of the molecule is CC(=O)O[C@@H]1[C@H](OCc2ccccc2)[C@H]2CS[C@@H]1[C@H](O[C@H]1[C@H](OCc3ccccc3)[C@H]3C[S@](=O)[C@@H]1[C@H](OC1CCCCC1)O3)O2. The van der Waals surface area contributed by atoms with Crippen molar-refractivity contribution in [1.82, 2.24) is 0 Å². The lowest BCUT2D eigenvalue weighted by atomic mass is 9.96. The van der Waals surface area contributed by atoms with Gasteiger partial charge in [0.2, 0.25) is 0 Å². The Morgan fingerprint density at radius 3 is 2.07 bits per heavy atom. The van der Waals surface area contributed by atoms with Gasteiger partial charge in [-0.3, -0.25) is 9.00 Å². The molecule has 0 spiro atoms. The second-order valence-corrected chi connectivity index (χ2v) is 15.3. The number of esters is 1. The Balaban J connectivity index is 1.11. The lowest BCUT2D eigenvalue weighted by Crippen LogP contribution is -2.70. The van der Waals surface area contributed by atoms with Gasteiger partial charge in [0.25, 0.3) is 0 Å². The number of hydrogen-bond donors (Lipinski definition) is 0. The zero-order valence-electron chi connectivity index (χ0n) is 25.5. The molecular weight excluding hydrogens is 616 g/mol. The van der Waals surface area contributed by atoms with Crippen molar-refractivity contribution in [3.05, 3.63) is 71.8 Å². The van der Waals surface area contributed by atoms with Crippen molar-refractivity contribution in [2.24, 2.45) is 0 Å². The number of benzene rings is 2. The van der Waals surface area contributed by atoms with E-state index in [1.165, 1.54) is 13.3 Å². The van der Waals surface area contributed by atoms with Gasteiger partial charge >= 0.3 is 5.97 Å². The Kier molecular flexibility index (Phi) is 10.2. The average Bonchev–Trinajstić information content (AvgIpc) is 3.05. The molecule has 45 heavy (non-hydrogen) atoms. The highest BCUT2D eigenvalue weighted by Crippen LogP contribution is 2.45. The summed E-state index contributed by atoms with van der Waals surface area (Å²) in [5.41, 5.74) is 2.06. The first-order valence-corrected chi connectivity index (χ1v) is 18.6. The molecule has 4 bridgehead atoms. The minimum Gasteiger partial charge on any atom is -0.458 e. The minimum absolute atomic E-state index is 0.0813. The smallest absolute Gasteiger partial charge is 0.303 e. The highest BCUT2D eigenvalue weighted by Gasteiger charge is 2.60. The van der Waals surface area contributed by atoms with Crippen molar-refractivity contribution >= 4 is 28.5 Å². The topological polar surface area (TPSA) is 98.8 Å². The molecule has 1 saturated carbocycles. The van der Waals surface area contributed by atoms with Gasteiger partial charge in [-0.15, -0.1) is 11.8 Å². The first kappa shape index (κ1) is 31.8. The number of thioether (sulfide) groups is 1. The van der Waals surface area contributed by atoms with Crippen molar-refractivity contribution in [3.63, 3.8) is 0 Å². The molecular formula is C34H42O9S2. The largest absolute Gasteiger partial charge is 0.458 e. The normalized spacial score (nSPS) is 37.8. The molecule has 2 aromatic rings. The molecule has 6 saturated heterocycles. The maximum Gasteiger partial charge on any atom is 0.303 e. The van der Waals surface area contributed by atoms with Crippen LogP contribution in [0.25, 0.3) is 0 Å². The molecule has 0 radical (unpaired) electrons. The quantitative estimate of drug-likeness (QED) is 0.321. The third kappa shape index (κ3) is 7.21. The summed E-state index contributed by atoms with van der Waals surface area (Å²) in [5, 5.41) is -0.869. The highest BCUT2D eigenvalue weighted by molar-refractivity contribution is 8.00. The van der Waals surface area contributed by atoms with Crippen molar-refractivity contribution in [2.45, 2.75) is 118 Å². The van der Waals surface area contributed by atoms with Crippen molar-refractivity contribution in [2.75, 3.05) is 11.5 Å². The van der Waals surface area contributed by atoms with Crippen LogP contribution in [0, 0.1) is 0 Å². The summed E-state index contributed by atoms with van der Waals surface area (Å²) < 4.78 is 58.8. The van der Waals surface area contributed by atoms with Gasteiger partial charge in [0.1, 0.15) is 35.8 Å². The molecule has 6 aliphatic heterocycles. The second kappa shape index (κ2) is 14.5. The van der Waals surface area contributed by atoms with Crippen LogP contribution in [0.2, 0.25) is 0 Å². The van der Waals surface area contributed by atoms with E-state index in [0.29, 0.717) is 24.7 Å². The van der Waals surface area contributed by atoms with Crippen LogP contribution in [0.4, 0.5) is 0 Å². The molecule has 9 nitrogen and oxygen atoms in total. The van der Waals surface area contributed by atoms with Gasteiger partial charge in [-0.1, -0.05) is 79.9 Å². The van der Waals surface area contributed by atoms with E-state index in [-0.39, 0.29) is 23.4 Å². The third-order valence-corrected chi connectivity index (χ3v) is 12.5. The predicted molar refractivity (Wildman–Crippen MR) is 169 cm³/mol. The number of carbonyl (C=O) groups excluding carboxylic acids is 1. The molecule has 0 N–H and O–H groups in total. The predicted octanol–water partition coefficient (Wildman–Crippen LogP) is 4.52. The Bertz CT molecular complexity index is 1290. The fourth-order valence-corrected chi connectivity index (χ4v) is 10.2. The van der Waals surface area contributed by atoms with Crippen molar-refractivity contribution in [1.29, 1.82) is 0 Å². The molecule has 0 aromatic heterocycles. The fourth-order valence-electron chi connectivity index (χ4n) is 7.14. The third-order valence-electron chi connectivity index (χ3n) is 9.31. The molecule has 0 unspecified atom stereocenters. The van der Waals surface area contributed by atoms with E-state index < -0.39 is 59.1 Å². The van der Waals surface area contributed by atoms with E-state index >= 15 is 0 Å². The van der Waals surface area contributed by atoms with Crippen LogP contribution in [0.3, 0.4) is 0 Å². The Hall–Kier alpha value is -1.83. The summed E-state index contributed by atoms with van der Waals surface area (Å²) in [7, 11) is -1.24. The number of hydrogen-bond acceptors (Lipinski definition) is 10. The minimum atomic E-state index is -1.24. The van der Waals surface area contributed by atoms with Gasteiger partial charge in [0, 0.05) is 23.5 Å². The molecule has 11 heteroatoms. The summed E-state index contributed by atoms with van der Waals surface area (Å²) >= 11 is 1.66. The zero-order valence-corrected chi connectivity index (χ0v) is 27.1. The van der Waals surface area contributed by atoms with Gasteiger partial charge < -0.3 is 33.2 Å². The fraction of sp³-hybridized carbons (Fsp3) is 0.618. The van der Waals surface area contributed by atoms with E-state index in [1.807, 2.05) is 60.7 Å². The maximum atomic E-state index is 13.7. The zero-order chi connectivity index (χ0) is 30.8. The Morgan fingerprint density at radius 1 is 0.800 bits per heavy atom. The summed E-state index contributed by atoms with van der Waals surface area (Å²) in [6.07, 6.45) is 1.28. The van der Waals surface area contributed by atoms with Gasteiger partial charge in [0.05, 0.1) is 36.4 Å². The number of fused-ring (bicyclic) bond motifs is 6. The van der Waals surface area contributed by atoms with E-state index in [0.717, 1.165) is 36.8 Å². The molecule has 6 heterocycles. The standard InChI is InChI=1S/C34H42O9S2/c1-21(35)39-29-27(37-17-22-11-5-2-6-12-22)25-19-44-31(29)33(41-25)43-30-28(38-18-23-13-7-3-8-14-23)26-20-45(36)32(30)34(42-26)40-24-15-9-4-10-16-24/h2-3,5-8,11-14,24-34H,4,9-10,15-20H2,1H3/t25-,26-,27-,28-,29-,30+,31+,32+,33+,34-,45+/m1/s1. The van der Waals surface area contributed by atoms with Gasteiger partial charge in [-0.25, -0.2) is 0 Å². The number of rotatable bonds is 11. The number of carbonyl (C=O) groups is 1. The van der Waals surface area contributed by atoms with Gasteiger partial charge in [0.15, 0.2) is 12.6 Å². The first-order valence-electron chi connectivity index (χ1n) is 16.1. The Morgan fingerprint density at radius 2 is 1.42 bits per heavy atom. The van der Waals surface area contributed by atoms with Crippen LogP contribution in [-0.4, -0.2) is 87.5 Å². The second-order valence-electron chi connectivity index (χ2n) is 12.5. The summed E-state index contributed by atoms with van der Waals surface area (Å²) in [5.74, 6) is 0.678. The van der Waals surface area contributed by atoms with E-state index in [1.54, 1.807) is 11.8 Å². The Labute approximate surface area is 271 Å².